The molecule has 16 nitrogen and oxygen atoms in total. The number of carbonyl (C=O) groups excluding carboxylic acids is 6. The maximum Gasteiger partial charge on any atom is 0.303 e. The van der Waals surface area contributed by atoms with E-state index in [2.05, 4.69) is 16.0 Å². The highest BCUT2D eigenvalue weighted by molar-refractivity contribution is 5.69. The average molecular weight is 558 g/mol. The molecule has 8 atom stereocenters. The van der Waals surface area contributed by atoms with Crippen molar-refractivity contribution in [2.24, 2.45) is 9.98 Å². The Hall–Kier alpha value is -3.88. The van der Waals surface area contributed by atoms with Crippen molar-refractivity contribution >= 4 is 41.8 Å². The highest BCUT2D eigenvalue weighted by Crippen LogP contribution is 2.27. The molecule has 0 amide bonds. The molecule has 0 saturated carbocycles. The number of hydrogen-bond acceptors (Lipinski definition) is 16. The first kappa shape index (κ1) is 31.3. The van der Waals surface area contributed by atoms with Gasteiger partial charge in [-0.25, -0.2) is 0 Å². The van der Waals surface area contributed by atoms with Crippen LogP contribution in [0.25, 0.3) is 0 Å². The zero-order valence-corrected chi connectivity index (χ0v) is 22.1. The number of esters is 6. The summed E-state index contributed by atoms with van der Waals surface area (Å²) in [5, 5.41) is 0. The third kappa shape index (κ3) is 9.74. The second-order valence-corrected chi connectivity index (χ2v) is 8.40. The summed E-state index contributed by atoms with van der Waals surface area (Å²) in [7, 11) is 0. The molecule has 0 bridgehead atoms. The monoisotopic (exact) mass is 558 g/mol. The maximum absolute atomic E-state index is 11.8. The van der Waals surface area contributed by atoms with Gasteiger partial charge in [-0.05, 0) is 0 Å². The van der Waals surface area contributed by atoms with Crippen molar-refractivity contribution in [3.63, 3.8) is 0 Å². The van der Waals surface area contributed by atoms with Crippen molar-refractivity contribution in [1.29, 1.82) is 0 Å². The van der Waals surface area contributed by atoms with E-state index in [9.17, 15) is 28.8 Å². The number of aliphatic imine (C=N–C) groups is 2. The number of rotatable bonds is 8. The summed E-state index contributed by atoms with van der Waals surface area (Å²) in [6.45, 7) is 6.15. The summed E-state index contributed by atoms with van der Waals surface area (Å²) in [6.07, 6.45) is -10.1. The van der Waals surface area contributed by atoms with Crippen molar-refractivity contribution in [2.75, 3.05) is 13.2 Å². The summed E-state index contributed by atoms with van der Waals surface area (Å²) >= 11 is 0. The van der Waals surface area contributed by atoms with E-state index >= 15 is 0 Å². The molecule has 2 heterocycles. The van der Waals surface area contributed by atoms with Gasteiger partial charge in [0.15, 0.2) is 49.1 Å². The minimum absolute atomic E-state index is 0.278. The summed E-state index contributed by atoms with van der Waals surface area (Å²) in [5.41, 5.74) is 0. The lowest BCUT2D eigenvalue weighted by molar-refractivity contribution is -0.224. The van der Waals surface area contributed by atoms with Crippen LogP contribution in [0.5, 0.6) is 0 Å². The normalized spacial score (nSPS) is 29.9. The molecular weight excluding hydrogens is 528 g/mol. The quantitative estimate of drug-likeness (QED) is 0.209. The first-order chi connectivity index (χ1) is 18.3. The Morgan fingerprint density at radius 3 is 1.08 bits per heavy atom. The molecule has 2 rings (SSSR count). The molecule has 39 heavy (non-hydrogen) atoms. The number of hydrogen-bond donors (Lipinski definition) is 0. The zero-order chi connectivity index (χ0) is 29.3. The smallest absolute Gasteiger partial charge is 0.303 e. The Morgan fingerprint density at radius 1 is 0.513 bits per heavy atom. The van der Waals surface area contributed by atoms with Gasteiger partial charge in [0.25, 0.3) is 0 Å². The molecule has 2 saturated heterocycles. The highest BCUT2D eigenvalue weighted by atomic mass is 16.7. The van der Waals surface area contributed by atoms with Crippen molar-refractivity contribution in [3.05, 3.63) is 0 Å². The molecule has 2 aliphatic heterocycles. The van der Waals surface area contributed by atoms with Crippen LogP contribution in [-0.2, 0) is 66.7 Å². The number of nitrogens with zero attached hydrogens (tertiary/aromatic N) is 2. The SMILES string of the molecule is CC(=O)O[C@@H]1[C@@H](OC(C)=O)[C@H](OC(C)=O)CO[C@H]1N=C=N[C@@H]1OC[C@@H](OC(C)=O)[C@H](OC(C)=O)[C@H]1OC(C)=O. The number of ether oxygens (including phenoxy) is 8. The number of carbonyl (C=O) groups is 6. The van der Waals surface area contributed by atoms with Crippen LogP contribution in [-0.4, -0.2) is 104 Å². The van der Waals surface area contributed by atoms with Crippen molar-refractivity contribution in [2.45, 2.75) is 90.6 Å². The van der Waals surface area contributed by atoms with E-state index in [0.717, 1.165) is 41.5 Å². The molecule has 0 aromatic rings. The van der Waals surface area contributed by atoms with Gasteiger partial charge in [0.1, 0.15) is 0 Å². The van der Waals surface area contributed by atoms with E-state index < -0.39 is 84.9 Å². The lowest BCUT2D eigenvalue weighted by Gasteiger charge is -2.39. The summed E-state index contributed by atoms with van der Waals surface area (Å²) in [4.78, 5) is 77.9. The van der Waals surface area contributed by atoms with Gasteiger partial charge >= 0.3 is 35.8 Å². The minimum Gasteiger partial charge on any atom is -0.456 e. The van der Waals surface area contributed by atoms with E-state index in [1.54, 1.807) is 0 Å². The minimum atomic E-state index is -1.36. The van der Waals surface area contributed by atoms with Crippen LogP contribution in [0, 0.1) is 0 Å². The van der Waals surface area contributed by atoms with Gasteiger partial charge in [0.2, 0.25) is 0 Å². The van der Waals surface area contributed by atoms with E-state index in [4.69, 9.17) is 37.9 Å². The Labute approximate surface area is 222 Å². The second kappa shape index (κ2) is 14.3. The van der Waals surface area contributed by atoms with Crippen LogP contribution < -0.4 is 0 Å². The molecule has 216 valence electrons. The molecule has 0 spiro atoms. The third-order valence-corrected chi connectivity index (χ3v) is 5.02. The van der Waals surface area contributed by atoms with Crippen LogP contribution in [0.1, 0.15) is 41.5 Å². The molecule has 16 heteroatoms. The van der Waals surface area contributed by atoms with Gasteiger partial charge < -0.3 is 37.9 Å². The van der Waals surface area contributed by atoms with Crippen LogP contribution in [0.15, 0.2) is 9.98 Å². The van der Waals surface area contributed by atoms with E-state index in [1.807, 2.05) is 0 Å². The Morgan fingerprint density at radius 2 is 0.795 bits per heavy atom. The van der Waals surface area contributed by atoms with Gasteiger partial charge in [0, 0.05) is 41.5 Å². The third-order valence-electron chi connectivity index (χ3n) is 5.02. The Bertz CT molecular complexity index is 946. The van der Waals surface area contributed by atoms with E-state index in [-0.39, 0.29) is 13.2 Å². The van der Waals surface area contributed by atoms with Crippen molar-refractivity contribution < 1.29 is 66.7 Å². The fourth-order valence-electron chi connectivity index (χ4n) is 3.81. The molecule has 0 aliphatic carbocycles. The summed E-state index contributed by atoms with van der Waals surface area (Å²) < 4.78 is 42.3. The van der Waals surface area contributed by atoms with E-state index in [0.29, 0.717) is 0 Å². The first-order valence-electron chi connectivity index (χ1n) is 11.7. The second-order valence-electron chi connectivity index (χ2n) is 8.40. The Balaban J connectivity index is 2.37. The fraction of sp³-hybridized carbons (Fsp3) is 0.696. The lowest BCUT2D eigenvalue weighted by atomic mass is 10.0. The molecule has 0 aromatic carbocycles. The first-order valence-corrected chi connectivity index (χ1v) is 11.7. The topological polar surface area (TPSA) is 201 Å². The van der Waals surface area contributed by atoms with Gasteiger partial charge in [-0.1, -0.05) is 0 Å². The van der Waals surface area contributed by atoms with Crippen LogP contribution in [0.4, 0.5) is 0 Å². The summed E-state index contributed by atoms with van der Waals surface area (Å²) in [5.74, 6) is -4.41. The van der Waals surface area contributed by atoms with Gasteiger partial charge in [-0.3, -0.25) is 28.8 Å². The predicted molar refractivity (Wildman–Crippen MR) is 123 cm³/mol. The van der Waals surface area contributed by atoms with Crippen molar-refractivity contribution in [1.82, 2.24) is 0 Å². The maximum atomic E-state index is 11.8. The average Bonchev–Trinajstić information content (AvgIpc) is 2.78. The molecule has 2 fully saturated rings. The van der Waals surface area contributed by atoms with Gasteiger partial charge in [-0.2, -0.15) is 9.98 Å². The van der Waals surface area contributed by atoms with Crippen LogP contribution in [0.2, 0.25) is 0 Å². The van der Waals surface area contributed by atoms with Crippen LogP contribution in [0.3, 0.4) is 0 Å². The Kier molecular flexibility index (Phi) is 11.5. The van der Waals surface area contributed by atoms with Gasteiger partial charge in [-0.15, -0.1) is 0 Å². The molecule has 0 N–H and O–H groups in total. The fourth-order valence-corrected chi connectivity index (χ4v) is 3.81. The lowest BCUT2D eigenvalue weighted by Crippen LogP contribution is -2.57. The molecule has 0 aromatic heterocycles. The zero-order valence-electron chi connectivity index (χ0n) is 22.1. The van der Waals surface area contributed by atoms with Crippen LogP contribution >= 0.6 is 0 Å². The highest BCUT2D eigenvalue weighted by Gasteiger charge is 2.48. The molecule has 0 unspecified atom stereocenters. The van der Waals surface area contributed by atoms with Crippen molar-refractivity contribution in [3.8, 4) is 0 Å². The predicted octanol–water partition coefficient (Wildman–Crippen LogP) is -0.537. The van der Waals surface area contributed by atoms with Gasteiger partial charge in [0.05, 0.1) is 19.2 Å². The molecular formula is C23H30N2O14. The standard InChI is InChI=1S/C23H30N2O14/c1-10(26)34-16-7-32-22(20(38-14(5)30)18(16)36-12(3)28)24-9-25-23-21(39-15(6)31)19(37-13(4)29)17(8-33-23)35-11(2)27/h16-23H,7-8H2,1-6H3/t16-,17-,18+,19+,20-,21-,22-,23-/m1/s1. The summed E-state index contributed by atoms with van der Waals surface area (Å²) in [6, 6.07) is 2.31. The largest absolute Gasteiger partial charge is 0.456 e. The molecule has 2 aliphatic rings. The molecule has 0 radical (unpaired) electrons. The van der Waals surface area contributed by atoms with E-state index in [1.165, 1.54) is 0 Å².